The predicted molar refractivity (Wildman–Crippen MR) is 140 cm³/mol. The van der Waals surface area contributed by atoms with Gasteiger partial charge in [0.05, 0.1) is 17.6 Å². The highest BCUT2D eigenvalue weighted by Crippen LogP contribution is 2.40. The molecule has 3 aliphatic rings. The van der Waals surface area contributed by atoms with E-state index in [0.717, 1.165) is 74.7 Å². The molecule has 0 amide bonds. The van der Waals surface area contributed by atoms with Crippen LogP contribution >= 0.6 is 0 Å². The van der Waals surface area contributed by atoms with E-state index < -0.39 is 0 Å². The number of ether oxygens (including phenoxy) is 2. The number of benzene rings is 1. The highest BCUT2D eigenvalue weighted by molar-refractivity contribution is 5.74. The summed E-state index contributed by atoms with van der Waals surface area (Å²) in [6, 6.07) is 6.02. The highest BCUT2D eigenvalue weighted by atomic mass is 16.5. The number of allylic oxidation sites excluding steroid dienone is 1. The van der Waals surface area contributed by atoms with Gasteiger partial charge in [-0.05, 0) is 104 Å². The van der Waals surface area contributed by atoms with Gasteiger partial charge in [-0.3, -0.25) is 0 Å². The van der Waals surface area contributed by atoms with E-state index in [0.29, 0.717) is 0 Å². The van der Waals surface area contributed by atoms with E-state index in [1.807, 2.05) is 18.2 Å². The predicted octanol–water partition coefficient (Wildman–Crippen LogP) is 5.56. The summed E-state index contributed by atoms with van der Waals surface area (Å²) in [6.45, 7) is 13.3. The zero-order chi connectivity index (χ0) is 24.1. The van der Waals surface area contributed by atoms with E-state index >= 15 is 0 Å². The molecule has 6 nitrogen and oxygen atoms in total. The molecular weight excluding hydrogens is 438 g/mol. The van der Waals surface area contributed by atoms with Crippen molar-refractivity contribution < 1.29 is 13.9 Å². The molecule has 0 saturated carbocycles. The fraction of sp³-hybridized carbons (Fsp3) is 0.690. The monoisotopic (exact) mass is 481 g/mol. The Kier molecular flexibility index (Phi) is 7.80. The molecule has 6 heteroatoms. The standard InChI is InChI=1S/C29H43N3O3/c1-28(11-13-29(2,14-12-28)34-22-8-20-32-17-5-6-18-32)27-30-25-10-9-24(23-26(25)35-27)33-21-7-19-31-15-3-4-16-31/h9-11,13,23H,3-8,12,14-22H2,1-2H3. The van der Waals surface area contributed by atoms with Gasteiger partial charge in [-0.1, -0.05) is 12.2 Å². The summed E-state index contributed by atoms with van der Waals surface area (Å²) >= 11 is 0. The summed E-state index contributed by atoms with van der Waals surface area (Å²) in [5.74, 6) is 1.65. The Balaban J connectivity index is 1.13. The lowest BCUT2D eigenvalue weighted by molar-refractivity contribution is -0.0135. The normalized spacial score (nSPS) is 27.8. The molecule has 1 aromatic carbocycles. The van der Waals surface area contributed by atoms with Crippen molar-refractivity contribution in [1.29, 1.82) is 0 Å². The van der Waals surface area contributed by atoms with Crippen molar-refractivity contribution in [2.75, 3.05) is 52.5 Å². The number of oxazole rings is 1. The Morgan fingerprint density at radius 2 is 1.57 bits per heavy atom. The number of nitrogens with zero attached hydrogens (tertiary/aromatic N) is 3. The van der Waals surface area contributed by atoms with E-state index in [9.17, 15) is 0 Å². The molecule has 0 bridgehead atoms. The number of aromatic nitrogens is 1. The van der Waals surface area contributed by atoms with Gasteiger partial charge in [0.2, 0.25) is 5.89 Å². The SMILES string of the molecule is CC1(OCCCN2CCCC2)C=CC(C)(c2nc3ccc(OCCCN4CCCC4)cc3o2)CC1. The number of likely N-dealkylation sites (tertiary alicyclic amines) is 2. The number of fused-ring (bicyclic) bond motifs is 1. The van der Waals surface area contributed by atoms with Crippen LogP contribution in [0.1, 0.15) is 71.1 Å². The van der Waals surface area contributed by atoms with Crippen LogP contribution in [0, 0.1) is 0 Å². The molecule has 2 atom stereocenters. The molecule has 0 spiro atoms. The van der Waals surface area contributed by atoms with Crippen molar-refractivity contribution in [3.05, 3.63) is 36.2 Å². The van der Waals surface area contributed by atoms with E-state index in [-0.39, 0.29) is 11.0 Å². The first-order valence-electron chi connectivity index (χ1n) is 13.8. The van der Waals surface area contributed by atoms with Crippen LogP contribution in [-0.2, 0) is 10.2 Å². The smallest absolute Gasteiger partial charge is 0.205 e. The molecule has 5 rings (SSSR count). The second-order valence-electron chi connectivity index (χ2n) is 11.2. The minimum absolute atomic E-state index is 0.202. The topological polar surface area (TPSA) is 51.0 Å². The maximum atomic E-state index is 6.33. The lowest BCUT2D eigenvalue weighted by Gasteiger charge is -2.36. The lowest BCUT2D eigenvalue weighted by Crippen LogP contribution is -2.36. The number of hydrogen-bond donors (Lipinski definition) is 0. The van der Waals surface area contributed by atoms with Gasteiger partial charge in [-0.25, -0.2) is 4.98 Å². The quantitative estimate of drug-likeness (QED) is 0.309. The fourth-order valence-electron chi connectivity index (χ4n) is 5.66. The molecule has 2 aliphatic heterocycles. The number of hydrogen-bond acceptors (Lipinski definition) is 6. The van der Waals surface area contributed by atoms with Crippen LogP contribution in [0.3, 0.4) is 0 Å². The molecule has 2 unspecified atom stereocenters. The molecule has 1 aromatic heterocycles. The summed E-state index contributed by atoms with van der Waals surface area (Å²) in [6.07, 6.45) is 13.9. The van der Waals surface area contributed by atoms with E-state index in [2.05, 4.69) is 35.8 Å². The van der Waals surface area contributed by atoms with Crippen LogP contribution in [0.15, 0.2) is 34.8 Å². The van der Waals surface area contributed by atoms with Crippen LogP contribution in [-0.4, -0.2) is 72.9 Å². The molecule has 0 N–H and O–H groups in total. The van der Waals surface area contributed by atoms with Crippen LogP contribution in [0.2, 0.25) is 0 Å². The molecule has 2 fully saturated rings. The first kappa shape index (κ1) is 24.8. The second kappa shape index (κ2) is 11.0. The Morgan fingerprint density at radius 3 is 2.23 bits per heavy atom. The maximum Gasteiger partial charge on any atom is 0.205 e. The van der Waals surface area contributed by atoms with Crippen LogP contribution in [0.4, 0.5) is 0 Å². The van der Waals surface area contributed by atoms with Gasteiger partial charge in [0, 0.05) is 25.8 Å². The van der Waals surface area contributed by atoms with Crippen molar-refractivity contribution in [3.63, 3.8) is 0 Å². The van der Waals surface area contributed by atoms with Gasteiger partial charge < -0.3 is 23.7 Å². The van der Waals surface area contributed by atoms with Gasteiger partial charge >= 0.3 is 0 Å². The Morgan fingerprint density at radius 1 is 0.886 bits per heavy atom. The van der Waals surface area contributed by atoms with Gasteiger partial charge in [0.1, 0.15) is 11.3 Å². The summed E-state index contributed by atoms with van der Waals surface area (Å²) < 4.78 is 18.6. The molecular formula is C29H43N3O3. The minimum Gasteiger partial charge on any atom is -0.493 e. The Bertz CT molecular complexity index is 992. The van der Waals surface area contributed by atoms with Gasteiger partial charge in [0.15, 0.2) is 5.58 Å². The molecule has 0 radical (unpaired) electrons. The summed E-state index contributed by atoms with van der Waals surface area (Å²) in [7, 11) is 0. The van der Waals surface area contributed by atoms with Gasteiger partial charge in [0.25, 0.3) is 0 Å². The third-order valence-corrected chi connectivity index (χ3v) is 8.13. The van der Waals surface area contributed by atoms with Gasteiger partial charge in [-0.15, -0.1) is 0 Å². The zero-order valence-electron chi connectivity index (χ0n) is 21.8. The fourth-order valence-corrected chi connectivity index (χ4v) is 5.66. The maximum absolute atomic E-state index is 6.33. The minimum atomic E-state index is -0.214. The number of rotatable bonds is 11. The van der Waals surface area contributed by atoms with Gasteiger partial charge in [-0.2, -0.15) is 0 Å². The van der Waals surface area contributed by atoms with Crippen LogP contribution < -0.4 is 4.74 Å². The molecule has 2 aromatic rings. The van der Waals surface area contributed by atoms with E-state index in [1.165, 1.54) is 51.9 Å². The van der Waals surface area contributed by atoms with Crippen LogP contribution in [0.5, 0.6) is 5.75 Å². The first-order chi connectivity index (χ1) is 17.0. The zero-order valence-corrected chi connectivity index (χ0v) is 21.8. The van der Waals surface area contributed by atoms with E-state index in [4.69, 9.17) is 18.9 Å². The highest BCUT2D eigenvalue weighted by Gasteiger charge is 2.38. The van der Waals surface area contributed by atoms with Crippen molar-refractivity contribution in [3.8, 4) is 5.75 Å². The molecule has 192 valence electrons. The van der Waals surface area contributed by atoms with Crippen molar-refractivity contribution in [2.45, 2.75) is 76.2 Å². The molecule has 2 saturated heterocycles. The van der Waals surface area contributed by atoms with Crippen molar-refractivity contribution in [2.24, 2.45) is 0 Å². The van der Waals surface area contributed by atoms with Crippen molar-refractivity contribution in [1.82, 2.24) is 14.8 Å². The summed E-state index contributed by atoms with van der Waals surface area (Å²) in [5.41, 5.74) is 1.28. The average molecular weight is 482 g/mol. The molecule has 3 heterocycles. The lowest BCUT2D eigenvalue weighted by atomic mass is 9.76. The Labute approximate surface area is 210 Å². The average Bonchev–Trinajstić information content (AvgIpc) is 3.64. The molecule has 1 aliphatic carbocycles. The largest absolute Gasteiger partial charge is 0.493 e. The van der Waals surface area contributed by atoms with Crippen LogP contribution in [0.25, 0.3) is 11.1 Å². The first-order valence-corrected chi connectivity index (χ1v) is 13.8. The second-order valence-corrected chi connectivity index (χ2v) is 11.2. The third kappa shape index (κ3) is 6.28. The van der Waals surface area contributed by atoms with Crippen molar-refractivity contribution >= 4 is 11.1 Å². The summed E-state index contributed by atoms with van der Waals surface area (Å²) in [5, 5.41) is 0. The Hall–Kier alpha value is -1.89. The third-order valence-electron chi connectivity index (χ3n) is 8.13. The summed E-state index contributed by atoms with van der Waals surface area (Å²) in [4.78, 5) is 9.92. The molecule has 35 heavy (non-hydrogen) atoms. The van der Waals surface area contributed by atoms with E-state index in [1.54, 1.807) is 0 Å².